The summed E-state index contributed by atoms with van der Waals surface area (Å²) in [6.07, 6.45) is 0. The lowest BCUT2D eigenvalue weighted by Crippen LogP contribution is -2.26. The zero-order chi connectivity index (χ0) is 14.7. The number of benzene rings is 2. The monoisotopic (exact) mass is 295 g/mol. The van der Waals surface area contributed by atoms with E-state index in [-0.39, 0.29) is 22.4 Å². The Morgan fingerprint density at radius 1 is 1.10 bits per heavy atom. The number of carbonyl (C=O) groups is 1. The van der Waals surface area contributed by atoms with Crippen LogP contribution in [0.4, 0.5) is 8.78 Å². The van der Waals surface area contributed by atoms with Crippen molar-refractivity contribution < 1.29 is 13.6 Å². The molecule has 0 radical (unpaired) electrons. The smallest absolute Gasteiger partial charge is 0.253 e. The molecule has 0 saturated carbocycles. The number of rotatable bonds is 3. The number of nitrogens with one attached hydrogen (secondary N) is 1. The lowest BCUT2D eigenvalue weighted by Gasteiger charge is -2.15. The predicted octanol–water partition coefficient (Wildman–Crippen LogP) is 4.11. The van der Waals surface area contributed by atoms with Gasteiger partial charge in [-0.3, -0.25) is 4.79 Å². The summed E-state index contributed by atoms with van der Waals surface area (Å²) in [6, 6.07) is 9.08. The first kappa shape index (κ1) is 14.5. The van der Waals surface area contributed by atoms with Crippen LogP contribution in [0.2, 0.25) is 5.02 Å². The lowest BCUT2D eigenvalue weighted by molar-refractivity contribution is 0.0940. The molecule has 1 N–H and O–H groups in total. The van der Waals surface area contributed by atoms with E-state index in [1.807, 2.05) is 0 Å². The van der Waals surface area contributed by atoms with Crippen LogP contribution in [0.25, 0.3) is 0 Å². The fourth-order valence-corrected chi connectivity index (χ4v) is 2.04. The van der Waals surface area contributed by atoms with Gasteiger partial charge in [-0.1, -0.05) is 23.7 Å². The van der Waals surface area contributed by atoms with Crippen LogP contribution >= 0.6 is 11.6 Å². The van der Waals surface area contributed by atoms with Gasteiger partial charge >= 0.3 is 0 Å². The van der Waals surface area contributed by atoms with Crippen molar-refractivity contribution in [1.29, 1.82) is 0 Å². The van der Waals surface area contributed by atoms with Gasteiger partial charge in [0.2, 0.25) is 0 Å². The van der Waals surface area contributed by atoms with E-state index < -0.39 is 11.7 Å². The number of amides is 1. The minimum atomic E-state index is -0.502. The summed E-state index contributed by atoms with van der Waals surface area (Å²) in [7, 11) is 0. The maximum absolute atomic E-state index is 12.9. The molecule has 0 fully saturated rings. The van der Waals surface area contributed by atoms with E-state index >= 15 is 0 Å². The molecular weight excluding hydrogens is 284 g/mol. The molecule has 1 unspecified atom stereocenters. The van der Waals surface area contributed by atoms with Crippen molar-refractivity contribution in [3.63, 3.8) is 0 Å². The van der Waals surface area contributed by atoms with Gasteiger partial charge in [-0.25, -0.2) is 8.78 Å². The summed E-state index contributed by atoms with van der Waals surface area (Å²) in [4.78, 5) is 12.0. The average molecular weight is 296 g/mol. The molecule has 2 aromatic carbocycles. The van der Waals surface area contributed by atoms with Gasteiger partial charge in [-0.15, -0.1) is 0 Å². The Balaban J connectivity index is 2.13. The van der Waals surface area contributed by atoms with Crippen LogP contribution in [0, 0.1) is 11.6 Å². The van der Waals surface area contributed by atoms with Gasteiger partial charge in [-0.05, 0) is 42.8 Å². The first-order valence-corrected chi connectivity index (χ1v) is 6.36. The zero-order valence-electron chi connectivity index (χ0n) is 10.7. The van der Waals surface area contributed by atoms with Crippen molar-refractivity contribution in [3.8, 4) is 0 Å². The summed E-state index contributed by atoms with van der Waals surface area (Å²) in [6.45, 7) is 1.77. The van der Waals surface area contributed by atoms with E-state index in [4.69, 9.17) is 11.6 Å². The normalized spacial score (nSPS) is 12.0. The molecule has 0 spiro atoms. The van der Waals surface area contributed by atoms with Crippen molar-refractivity contribution >= 4 is 17.5 Å². The number of hydrogen-bond donors (Lipinski definition) is 1. The Morgan fingerprint density at radius 2 is 1.70 bits per heavy atom. The van der Waals surface area contributed by atoms with E-state index in [0.717, 1.165) is 11.6 Å². The Bertz CT molecular complexity index is 628. The minimum absolute atomic E-state index is 0.0498. The molecule has 0 aliphatic carbocycles. The molecule has 0 aliphatic heterocycles. The first-order valence-electron chi connectivity index (χ1n) is 5.99. The van der Waals surface area contributed by atoms with Gasteiger partial charge in [0.15, 0.2) is 0 Å². The topological polar surface area (TPSA) is 29.1 Å². The Morgan fingerprint density at radius 3 is 2.30 bits per heavy atom. The van der Waals surface area contributed by atoms with Crippen molar-refractivity contribution in [2.24, 2.45) is 0 Å². The molecule has 20 heavy (non-hydrogen) atoms. The van der Waals surface area contributed by atoms with Crippen molar-refractivity contribution in [2.45, 2.75) is 13.0 Å². The van der Waals surface area contributed by atoms with Crippen LogP contribution in [0.1, 0.15) is 28.9 Å². The minimum Gasteiger partial charge on any atom is -0.345 e. The Hall–Kier alpha value is -1.94. The van der Waals surface area contributed by atoms with E-state index in [0.29, 0.717) is 0 Å². The Kier molecular flexibility index (Phi) is 4.35. The van der Waals surface area contributed by atoms with Gasteiger partial charge in [0, 0.05) is 0 Å². The fourth-order valence-electron chi connectivity index (χ4n) is 1.78. The van der Waals surface area contributed by atoms with Crippen molar-refractivity contribution in [3.05, 3.63) is 70.2 Å². The molecule has 2 aromatic rings. The van der Waals surface area contributed by atoms with Crippen LogP contribution in [0.15, 0.2) is 42.5 Å². The fraction of sp³-hybridized carbons (Fsp3) is 0.133. The molecular formula is C15H12ClF2NO. The number of halogens is 3. The molecule has 2 nitrogen and oxygen atoms in total. The average Bonchev–Trinajstić information content (AvgIpc) is 2.39. The number of hydrogen-bond acceptors (Lipinski definition) is 1. The summed E-state index contributed by atoms with van der Waals surface area (Å²) in [5.41, 5.74) is 0.958. The van der Waals surface area contributed by atoms with Crippen LogP contribution < -0.4 is 5.32 Å². The highest BCUT2D eigenvalue weighted by atomic mass is 35.5. The molecule has 5 heteroatoms. The largest absolute Gasteiger partial charge is 0.345 e. The summed E-state index contributed by atoms with van der Waals surface area (Å²) >= 11 is 5.82. The predicted molar refractivity (Wildman–Crippen MR) is 73.7 cm³/mol. The lowest BCUT2D eigenvalue weighted by atomic mass is 10.1. The quantitative estimate of drug-likeness (QED) is 0.907. The maximum atomic E-state index is 12.9. The van der Waals surface area contributed by atoms with Gasteiger partial charge < -0.3 is 5.32 Å². The third-order valence-electron chi connectivity index (χ3n) is 2.89. The van der Waals surface area contributed by atoms with Gasteiger partial charge in [0.05, 0.1) is 16.6 Å². The number of carbonyl (C=O) groups excluding carboxylic acids is 1. The Labute approximate surface area is 120 Å². The molecule has 2 rings (SSSR count). The molecule has 0 saturated heterocycles. The standard InChI is InChI=1S/C15H12ClF2NO/c1-9(10-2-4-11(17)5-3-10)19-15(20)13-7-6-12(18)8-14(13)16/h2-9H,1H3,(H,19,20). The SMILES string of the molecule is CC(NC(=O)c1ccc(F)cc1Cl)c1ccc(F)cc1. The summed E-state index contributed by atoms with van der Waals surface area (Å²) in [5, 5.41) is 2.77. The van der Waals surface area contributed by atoms with Gasteiger partial charge in [0.25, 0.3) is 5.91 Å². The van der Waals surface area contributed by atoms with Crippen LogP contribution in [0.5, 0.6) is 0 Å². The first-order chi connectivity index (χ1) is 9.47. The molecule has 1 atom stereocenters. The molecule has 104 valence electrons. The molecule has 0 bridgehead atoms. The highest BCUT2D eigenvalue weighted by molar-refractivity contribution is 6.33. The zero-order valence-corrected chi connectivity index (χ0v) is 11.4. The maximum Gasteiger partial charge on any atom is 0.253 e. The third-order valence-corrected chi connectivity index (χ3v) is 3.21. The van der Waals surface area contributed by atoms with Crippen LogP contribution in [-0.2, 0) is 0 Å². The molecule has 0 aromatic heterocycles. The summed E-state index contributed by atoms with van der Waals surface area (Å²) < 4.78 is 25.8. The van der Waals surface area contributed by atoms with E-state index in [1.54, 1.807) is 19.1 Å². The van der Waals surface area contributed by atoms with E-state index in [9.17, 15) is 13.6 Å². The second-order valence-corrected chi connectivity index (χ2v) is 4.78. The summed E-state index contributed by atoms with van der Waals surface area (Å²) in [5.74, 6) is -1.25. The third kappa shape index (κ3) is 3.33. The van der Waals surface area contributed by atoms with E-state index in [2.05, 4.69) is 5.32 Å². The van der Waals surface area contributed by atoms with Crippen molar-refractivity contribution in [1.82, 2.24) is 5.32 Å². The van der Waals surface area contributed by atoms with Crippen molar-refractivity contribution in [2.75, 3.05) is 0 Å². The van der Waals surface area contributed by atoms with Gasteiger partial charge in [-0.2, -0.15) is 0 Å². The van der Waals surface area contributed by atoms with Crippen LogP contribution in [0.3, 0.4) is 0 Å². The molecule has 1 amide bonds. The highest BCUT2D eigenvalue weighted by Gasteiger charge is 2.14. The van der Waals surface area contributed by atoms with Gasteiger partial charge in [0.1, 0.15) is 11.6 Å². The molecule has 0 heterocycles. The second-order valence-electron chi connectivity index (χ2n) is 4.37. The highest BCUT2D eigenvalue weighted by Crippen LogP contribution is 2.19. The van der Waals surface area contributed by atoms with Crippen LogP contribution in [-0.4, -0.2) is 5.91 Å². The second kappa shape index (κ2) is 6.01. The molecule has 0 aliphatic rings. The van der Waals surface area contributed by atoms with E-state index in [1.165, 1.54) is 24.3 Å².